The van der Waals surface area contributed by atoms with Gasteiger partial charge in [-0.25, -0.2) is 4.39 Å². The molecule has 1 saturated carbocycles. The highest BCUT2D eigenvalue weighted by Crippen LogP contribution is 2.23. The number of hydrogen-bond donors (Lipinski definition) is 2. The monoisotopic (exact) mass is 309 g/mol. The van der Waals surface area contributed by atoms with Gasteiger partial charge >= 0.3 is 0 Å². The molecule has 0 heterocycles. The molecular weight excluding hydrogens is 281 g/mol. The lowest BCUT2D eigenvalue weighted by Crippen LogP contribution is -2.37. The molecule has 4 heteroatoms. The molecule has 3 nitrogen and oxygen atoms in total. The topological polar surface area (TPSA) is 41.5 Å². The van der Waals surface area contributed by atoms with Crippen molar-refractivity contribution in [3.05, 3.63) is 35.6 Å². The Morgan fingerprint density at radius 2 is 2.27 bits per heavy atom. The van der Waals surface area contributed by atoms with E-state index in [0.29, 0.717) is 12.5 Å². The van der Waals surface area contributed by atoms with Crippen molar-refractivity contribution in [1.29, 1.82) is 0 Å². The van der Waals surface area contributed by atoms with E-state index >= 15 is 0 Å². The van der Waals surface area contributed by atoms with Crippen molar-refractivity contribution in [1.82, 2.24) is 5.32 Å². The van der Waals surface area contributed by atoms with Crippen molar-refractivity contribution in [2.24, 2.45) is 5.92 Å². The highest BCUT2D eigenvalue weighted by atomic mass is 19.1. The van der Waals surface area contributed by atoms with E-state index in [1.165, 1.54) is 12.5 Å². The molecule has 3 unspecified atom stereocenters. The third kappa shape index (κ3) is 6.03. The molecule has 3 atom stereocenters. The van der Waals surface area contributed by atoms with Crippen LogP contribution in [0.5, 0.6) is 0 Å². The lowest BCUT2D eigenvalue weighted by atomic mass is 9.87. The van der Waals surface area contributed by atoms with Crippen LogP contribution in [0.1, 0.15) is 37.7 Å². The van der Waals surface area contributed by atoms with Crippen LogP contribution < -0.4 is 5.32 Å². The lowest BCUT2D eigenvalue weighted by molar-refractivity contribution is 0.0986. The molecule has 1 aliphatic carbocycles. The maximum atomic E-state index is 13.3. The minimum Gasteiger partial charge on any atom is -0.393 e. The molecule has 0 aliphatic heterocycles. The SMILES string of the molecule is COCCC(Cc1cccc(F)c1)NCC1CCCC(O)C1. The van der Waals surface area contributed by atoms with Crippen molar-refractivity contribution < 1.29 is 14.2 Å². The van der Waals surface area contributed by atoms with Crippen LogP contribution in [0.3, 0.4) is 0 Å². The van der Waals surface area contributed by atoms with Gasteiger partial charge in [-0.1, -0.05) is 18.6 Å². The summed E-state index contributed by atoms with van der Waals surface area (Å²) in [5.41, 5.74) is 1.01. The molecule has 0 saturated heterocycles. The Hall–Kier alpha value is -0.970. The molecular formula is C18H28FNO2. The first-order valence-corrected chi connectivity index (χ1v) is 8.32. The van der Waals surface area contributed by atoms with Gasteiger partial charge in [0.1, 0.15) is 5.82 Å². The van der Waals surface area contributed by atoms with Gasteiger partial charge in [0.25, 0.3) is 0 Å². The zero-order chi connectivity index (χ0) is 15.8. The van der Waals surface area contributed by atoms with E-state index in [1.807, 2.05) is 6.07 Å². The molecule has 2 rings (SSSR count). The van der Waals surface area contributed by atoms with Gasteiger partial charge in [-0.2, -0.15) is 0 Å². The summed E-state index contributed by atoms with van der Waals surface area (Å²) in [6.07, 6.45) is 5.69. The summed E-state index contributed by atoms with van der Waals surface area (Å²) in [6.45, 7) is 1.61. The predicted octanol–water partition coefficient (Wildman–Crippen LogP) is 2.91. The minimum absolute atomic E-state index is 0.138. The Morgan fingerprint density at radius 1 is 1.41 bits per heavy atom. The molecule has 124 valence electrons. The van der Waals surface area contributed by atoms with Gasteiger partial charge in [0, 0.05) is 19.8 Å². The summed E-state index contributed by atoms with van der Waals surface area (Å²) in [6, 6.07) is 7.08. The second kappa shape index (κ2) is 9.23. The van der Waals surface area contributed by atoms with Gasteiger partial charge in [-0.05, 0) is 62.3 Å². The predicted molar refractivity (Wildman–Crippen MR) is 86.4 cm³/mol. The number of ether oxygens (including phenoxy) is 1. The van der Waals surface area contributed by atoms with Crippen LogP contribution in [-0.4, -0.2) is 37.5 Å². The Labute approximate surface area is 132 Å². The van der Waals surface area contributed by atoms with E-state index in [4.69, 9.17) is 4.74 Å². The molecule has 2 N–H and O–H groups in total. The summed E-state index contributed by atoms with van der Waals surface area (Å²) < 4.78 is 18.5. The van der Waals surface area contributed by atoms with Gasteiger partial charge in [-0.15, -0.1) is 0 Å². The van der Waals surface area contributed by atoms with Gasteiger partial charge in [0.15, 0.2) is 0 Å². The maximum absolute atomic E-state index is 13.3. The van der Waals surface area contributed by atoms with Gasteiger partial charge < -0.3 is 15.2 Å². The minimum atomic E-state index is -0.182. The second-order valence-corrected chi connectivity index (χ2v) is 6.41. The fourth-order valence-electron chi connectivity index (χ4n) is 3.27. The average Bonchev–Trinajstić information content (AvgIpc) is 2.50. The molecule has 1 aliphatic rings. The summed E-state index contributed by atoms with van der Waals surface area (Å²) >= 11 is 0. The van der Waals surface area contributed by atoms with Crippen molar-refractivity contribution in [2.75, 3.05) is 20.3 Å². The van der Waals surface area contributed by atoms with Crippen molar-refractivity contribution in [3.8, 4) is 0 Å². The number of hydrogen-bond acceptors (Lipinski definition) is 3. The third-order valence-electron chi connectivity index (χ3n) is 4.49. The van der Waals surface area contributed by atoms with Crippen LogP contribution in [0.2, 0.25) is 0 Å². The van der Waals surface area contributed by atoms with Gasteiger partial charge in [0.2, 0.25) is 0 Å². The Bertz CT molecular complexity index is 441. The quantitative estimate of drug-likeness (QED) is 0.776. The molecule has 0 aromatic heterocycles. The normalized spacial score (nSPS) is 23.4. The number of nitrogens with one attached hydrogen (secondary N) is 1. The Balaban J connectivity index is 1.85. The van der Waals surface area contributed by atoms with Crippen LogP contribution in [0.15, 0.2) is 24.3 Å². The Morgan fingerprint density at radius 3 is 3.00 bits per heavy atom. The molecule has 1 fully saturated rings. The molecule has 1 aromatic carbocycles. The zero-order valence-electron chi connectivity index (χ0n) is 13.4. The largest absolute Gasteiger partial charge is 0.393 e. The number of methoxy groups -OCH3 is 1. The second-order valence-electron chi connectivity index (χ2n) is 6.41. The summed E-state index contributed by atoms with van der Waals surface area (Å²) in [5, 5.41) is 13.4. The van der Waals surface area contributed by atoms with E-state index < -0.39 is 0 Å². The third-order valence-corrected chi connectivity index (χ3v) is 4.49. The molecule has 1 aromatic rings. The molecule has 0 radical (unpaired) electrons. The average molecular weight is 309 g/mol. The number of aliphatic hydroxyl groups is 1. The van der Waals surface area contributed by atoms with E-state index in [1.54, 1.807) is 19.2 Å². The zero-order valence-corrected chi connectivity index (χ0v) is 13.4. The number of rotatable bonds is 8. The van der Waals surface area contributed by atoms with Crippen LogP contribution in [0.4, 0.5) is 4.39 Å². The van der Waals surface area contributed by atoms with E-state index in [0.717, 1.165) is 44.2 Å². The molecule has 0 bridgehead atoms. The van der Waals surface area contributed by atoms with Crippen LogP contribution in [-0.2, 0) is 11.2 Å². The van der Waals surface area contributed by atoms with Crippen molar-refractivity contribution >= 4 is 0 Å². The van der Waals surface area contributed by atoms with E-state index in [-0.39, 0.29) is 18.0 Å². The Kier molecular flexibility index (Phi) is 7.30. The van der Waals surface area contributed by atoms with Crippen molar-refractivity contribution in [3.63, 3.8) is 0 Å². The highest BCUT2D eigenvalue weighted by Gasteiger charge is 2.21. The molecule has 0 spiro atoms. The highest BCUT2D eigenvalue weighted by molar-refractivity contribution is 5.17. The number of halogens is 1. The standard InChI is InChI=1S/C18H28FNO2/c1-22-9-8-17(11-14-4-2-6-16(19)10-14)20-13-15-5-3-7-18(21)12-15/h2,4,6,10,15,17-18,20-21H,3,5,7-9,11-13H2,1H3. The smallest absolute Gasteiger partial charge is 0.123 e. The van der Waals surface area contributed by atoms with Crippen LogP contribution in [0.25, 0.3) is 0 Å². The lowest BCUT2D eigenvalue weighted by Gasteiger charge is -2.28. The molecule has 22 heavy (non-hydrogen) atoms. The number of aliphatic hydroxyl groups excluding tert-OH is 1. The first-order chi connectivity index (χ1) is 10.7. The number of benzene rings is 1. The fraction of sp³-hybridized carbons (Fsp3) is 0.667. The first-order valence-electron chi connectivity index (χ1n) is 8.32. The van der Waals surface area contributed by atoms with Crippen LogP contribution in [0, 0.1) is 11.7 Å². The van der Waals surface area contributed by atoms with Gasteiger partial charge in [0.05, 0.1) is 6.10 Å². The van der Waals surface area contributed by atoms with Crippen molar-refractivity contribution in [2.45, 2.75) is 50.7 Å². The first kappa shape index (κ1) is 17.4. The van der Waals surface area contributed by atoms with Gasteiger partial charge in [-0.3, -0.25) is 0 Å². The fourth-order valence-corrected chi connectivity index (χ4v) is 3.27. The summed E-state index contributed by atoms with van der Waals surface area (Å²) in [5.74, 6) is 0.361. The van der Waals surface area contributed by atoms with Crippen LogP contribution >= 0.6 is 0 Å². The van der Waals surface area contributed by atoms with E-state index in [2.05, 4.69) is 5.32 Å². The summed E-state index contributed by atoms with van der Waals surface area (Å²) in [7, 11) is 1.71. The summed E-state index contributed by atoms with van der Waals surface area (Å²) in [4.78, 5) is 0. The maximum Gasteiger partial charge on any atom is 0.123 e. The molecule has 0 amide bonds. The van der Waals surface area contributed by atoms with E-state index in [9.17, 15) is 9.50 Å².